The number of carbonyl (C=O) groups excluding carboxylic acids is 1. The Morgan fingerprint density at radius 3 is 2.44 bits per heavy atom. The fourth-order valence-electron chi connectivity index (χ4n) is 5.83. The van der Waals surface area contributed by atoms with E-state index in [0.717, 1.165) is 5.56 Å². The molecule has 5 rings (SSSR count). The Morgan fingerprint density at radius 1 is 1.04 bits per heavy atom. The van der Waals surface area contributed by atoms with E-state index in [1.807, 2.05) is 49.9 Å². The second-order valence-electron chi connectivity index (χ2n) is 11.7. The summed E-state index contributed by atoms with van der Waals surface area (Å²) in [5, 5.41) is 3.33. The largest absolute Gasteiger partial charge is 0.492 e. The number of carbonyl (C=O) groups is 1. The second kappa shape index (κ2) is 12.8. The Morgan fingerprint density at radius 2 is 1.76 bits per heavy atom. The van der Waals surface area contributed by atoms with Crippen molar-refractivity contribution in [2.75, 3.05) is 61.3 Å². The molecule has 2 aliphatic heterocycles. The van der Waals surface area contributed by atoms with Crippen LogP contribution in [0.15, 0.2) is 42.5 Å². The third-order valence-electron chi connectivity index (χ3n) is 8.03. The standard InChI is InChI=1S/C33H40FN3O7S/c1-7-18-45(39,40)44-31-27(37-14-16-42-17-15-37)13-11-24(30(31)41-6)23-10-12-26-29(36(5)32(38)33(3,4)35-26)25(23)20-43-28-19-22(34)9-8-21(28)2/h8-13,19,35H,7,14-18,20H2,1-6H3. The highest BCUT2D eigenvalue weighted by Gasteiger charge is 2.39. The molecule has 0 aromatic heterocycles. The summed E-state index contributed by atoms with van der Waals surface area (Å²) >= 11 is 0. The van der Waals surface area contributed by atoms with Gasteiger partial charge in [-0.3, -0.25) is 4.79 Å². The number of morpholine rings is 1. The molecule has 1 amide bonds. The first-order valence-electron chi connectivity index (χ1n) is 14.9. The first-order chi connectivity index (χ1) is 21.4. The predicted molar refractivity (Wildman–Crippen MR) is 173 cm³/mol. The van der Waals surface area contributed by atoms with Crippen molar-refractivity contribution in [3.63, 3.8) is 0 Å². The van der Waals surface area contributed by atoms with Gasteiger partial charge in [-0.15, -0.1) is 0 Å². The zero-order valence-corrected chi connectivity index (χ0v) is 27.3. The SMILES string of the molecule is CCCS(=O)(=O)Oc1c(N2CCOCC2)ccc(-c2ccc3c(c2COc2cc(F)ccc2C)N(C)C(=O)C(C)(C)N3)c1OC. The quantitative estimate of drug-likeness (QED) is 0.287. The molecule has 3 aromatic rings. The minimum absolute atomic E-state index is 0.0266. The molecule has 1 fully saturated rings. The summed E-state index contributed by atoms with van der Waals surface area (Å²) in [6.07, 6.45) is 0.382. The van der Waals surface area contributed by atoms with Crippen LogP contribution in [0, 0.1) is 12.7 Å². The van der Waals surface area contributed by atoms with Crippen molar-refractivity contribution in [1.29, 1.82) is 0 Å². The Bertz CT molecular complexity index is 1700. The molecule has 1 saturated heterocycles. The number of hydrogen-bond donors (Lipinski definition) is 1. The summed E-state index contributed by atoms with van der Waals surface area (Å²) in [4.78, 5) is 17.0. The van der Waals surface area contributed by atoms with E-state index in [-0.39, 0.29) is 29.8 Å². The fourth-order valence-corrected chi connectivity index (χ4v) is 6.83. The van der Waals surface area contributed by atoms with E-state index in [0.29, 0.717) is 72.2 Å². The number of rotatable bonds is 10. The van der Waals surface area contributed by atoms with Gasteiger partial charge in [-0.2, -0.15) is 8.42 Å². The minimum Gasteiger partial charge on any atom is -0.492 e. The molecule has 1 N–H and O–H groups in total. The Hall–Kier alpha value is -4.03. The first kappa shape index (κ1) is 32.4. The Labute approximate surface area is 264 Å². The van der Waals surface area contributed by atoms with Gasteiger partial charge in [0.25, 0.3) is 5.91 Å². The predicted octanol–water partition coefficient (Wildman–Crippen LogP) is 5.51. The average Bonchev–Trinajstić information content (AvgIpc) is 3.00. The van der Waals surface area contributed by atoms with Crippen molar-refractivity contribution in [2.45, 2.75) is 46.3 Å². The molecular weight excluding hydrogens is 601 g/mol. The first-order valence-corrected chi connectivity index (χ1v) is 16.5. The summed E-state index contributed by atoms with van der Waals surface area (Å²) in [5.74, 6) is -0.0838. The van der Waals surface area contributed by atoms with Gasteiger partial charge in [-0.25, -0.2) is 4.39 Å². The van der Waals surface area contributed by atoms with Gasteiger partial charge in [0.2, 0.25) is 5.75 Å². The number of benzene rings is 3. The molecular formula is C33H40FN3O7S. The maximum atomic E-state index is 14.2. The zero-order chi connectivity index (χ0) is 32.5. The summed E-state index contributed by atoms with van der Waals surface area (Å²) in [5.41, 5.74) is 3.56. The van der Waals surface area contributed by atoms with Gasteiger partial charge in [0.15, 0.2) is 5.75 Å². The van der Waals surface area contributed by atoms with Gasteiger partial charge in [-0.1, -0.05) is 19.1 Å². The van der Waals surface area contributed by atoms with Crippen LogP contribution in [-0.2, 0) is 26.3 Å². The number of methoxy groups -OCH3 is 1. The highest BCUT2D eigenvalue weighted by atomic mass is 32.2. The monoisotopic (exact) mass is 641 g/mol. The van der Waals surface area contributed by atoms with Crippen LogP contribution in [0.25, 0.3) is 11.1 Å². The van der Waals surface area contributed by atoms with Crippen molar-refractivity contribution in [3.05, 3.63) is 59.4 Å². The van der Waals surface area contributed by atoms with E-state index >= 15 is 0 Å². The van der Waals surface area contributed by atoms with Crippen LogP contribution in [0.5, 0.6) is 17.2 Å². The summed E-state index contributed by atoms with van der Waals surface area (Å²) < 4.78 is 63.7. The van der Waals surface area contributed by atoms with Crippen LogP contribution in [-0.4, -0.2) is 66.1 Å². The highest BCUT2D eigenvalue weighted by molar-refractivity contribution is 7.87. The summed E-state index contributed by atoms with van der Waals surface area (Å²) in [6.45, 7) is 9.25. The van der Waals surface area contributed by atoms with E-state index in [1.54, 1.807) is 24.9 Å². The smallest absolute Gasteiger partial charge is 0.309 e. The van der Waals surface area contributed by atoms with Crippen molar-refractivity contribution < 1.29 is 36.0 Å². The van der Waals surface area contributed by atoms with Crippen LogP contribution in [0.3, 0.4) is 0 Å². The maximum Gasteiger partial charge on any atom is 0.309 e. The topological polar surface area (TPSA) is 107 Å². The van der Waals surface area contributed by atoms with Crippen molar-refractivity contribution in [3.8, 4) is 28.4 Å². The van der Waals surface area contributed by atoms with Crippen molar-refractivity contribution in [1.82, 2.24) is 0 Å². The van der Waals surface area contributed by atoms with Crippen LogP contribution in [0.4, 0.5) is 21.5 Å². The van der Waals surface area contributed by atoms with Gasteiger partial charge in [0.1, 0.15) is 23.7 Å². The lowest BCUT2D eigenvalue weighted by Gasteiger charge is -2.39. The van der Waals surface area contributed by atoms with E-state index in [4.69, 9.17) is 18.4 Å². The van der Waals surface area contributed by atoms with Gasteiger partial charge < -0.3 is 33.5 Å². The van der Waals surface area contributed by atoms with Crippen molar-refractivity contribution in [2.24, 2.45) is 0 Å². The number of anilines is 3. The van der Waals surface area contributed by atoms with E-state index in [2.05, 4.69) is 5.32 Å². The lowest BCUT2D eigenvalue weighted by Crippen LogP contribution is -2.52. The Kier molecular flexibility index (Phi) is 9.18. The molecule has 12 heteroatoms. The molecule has 242 valence electrons. The van der Waals surface area contributed by atoms with Gasteiger partial charge in [0, 0.05) is 37.3 Å². The third kappa shape index (κ3) is 6.53. The van der Waals surface area contributed by atoms with Crippen LogP contribution in [0.2, 0.25) is 0 Å². The number of hydrogen-bond acceptors (Lipinski definition) is 9. The molecule has 10 nitrogen and oxygen atoms in total. The Balaban J connectivity index is 1.72. The summed E-state index contributed by atoms with van der Waals surface area (Å²) in [6, 6.07) is 11.7. The van der Waals surface area contributed by atoms with E-state index in [9.17, 15) is 17.6 Å². The van der Waals surface area contributed by atoms with Gasteiger partial charge >= 0.3 is 10.1 Å². The maximum absolute atomic E-state index is 14.2. The van der Waals surface area contributed by atoms with Gasteiger partial charge in [-0.05, 0) is 62.6 Å². The molecule has 0 radical (unpaired) electrons. The van der Waals surface area contributed by atoms with Crippen LogP contribution < -0.4 is 28.8 Å². The molecule has 0 spiro atoms. The molecule has 3 aromatic carbocycles. The molecule has 0 aliphatic carbocycles. The molecule has 0 saturated carbocycles. The number of nitrogens with zero attached hydrogens (tertiary/aromatic N) is 2. The lowest BCUT2D eigenvalue weighted by molar-refractivity contribution is -0.121. The molecule has 0 bridgehead atoms. The summed E-state index contributed by atoms with van der Waals surface area (Å²) in [7, 11) is -0.780. The molecule has 2 aliphatic rings. The lowest BCUT2D eigenvalue weighted by atomic mass is 9.91. The minimum atomic E-state index is -3.95. The number of fused-ring (bicyclic) bond motifs is 1. The highest BCUT2D eigenvalue weighted by Crippen LogP contribution is 2.49. The molecule has 45 heavy (non-hydrogen) atoms. The van der Waals surface area contributed by atoms with Gasteiger partial charge in [0.05, 0.1) is 43.1 Å². The molecule has 0 atom stereocenters. The third-order valence-corrected chi connectivity index (χ3v) is 9.36. The number of ether oxygens (including phenoxy) is 3. The van der Waals surface area contributed by atoms with Crippen LogP contribution >= 0.6 is 0 Å². The molecule has 2 heterocycles. The zero-order valence-electron chi connectivity index (χ0n) is 26.5. The number of amides is 1. The normalized spacial score (nSPS) is 16.2. The number of aryl methyl sites for hydroxylation is 1. The van der Waals surface area contributed by atoms with Crippen molar-refractivity contribution >= 4 is 33.1 Å². The fraction of sp³-hybridized carbons (Fsp3) is 0.424. The van der Waals surface area contributed by atoms with E-state index < -0.39 is 21.5 Å². The van der Waals surface area contributed by atoms with Crippen LogP contribution in [0.1, 0.15) is 38.3 Å². The molecule has 0 unspecified atom stereocenters. The number of nitrogens with one attached hydrogen (secondary N) is 1. The average molecular weight is 642 g/mol. The van der Waals surface area contributed by atoms with E-state index in [1.165, 1.54) is 19.2 Å². The second-order valence-corrected chi connectivity index (χ2v) is 13.4. The number of halogens is 1. The number of likely N-dealkylation sites (N-methyl/N-ethyl adjacent to an activating group) is 1.